The van der Waals surface area contributed by atoms with E-state index in [2.05, 4.69) is 0 Å². The van der Waals surface area contributed by atoms with Crippen LogP contribution in [0.1, 0.15) is 11.1 Å². The minimum absolute atomic E-state index is 0.384. The van der Waals surface area contributed by atoms with Crippen molar-refractivity contribution in [2.75, 3.05) is 20.0 Å². The summed E-state index contributed by atoms with van der Waals surface area (Å²) in [4.78, 5) is 0. The molecule has 0 saturated carbocycles. The summed E-state index contributed by atoms with van der Waals surface area (Å²) in [5, 5.41) is 0. The molecule has 0 spiro atoms. The predicted octanol–water partition coefficient (Wildman–Crippen LogP) is 1.86. The van der Waals surface area contributed by atoms with E-state index >= 15 is 0 Å². The first-order valence-corrected chi connectivity index (χ1v) is 6.60. The van der Waals surface area contributed by atoms with Gasteiger partial charge in [-0.15, -0.1) is 0 Å². The molecular weight excluding hydrogens is 224 g/mol. The van der Waals surface area contributed by atoms with Crippen LogP contribution in [0.3, 0.4) is 0 Å². The van der Waals surface area contributed by atoms with Crippen molar-refractivity contribution in [1.82, 2.24) is 0 Å². The molecule has 0 aliphatic heterocycles. The second-order valence-electron chi connectivity index (χ2n) is 3.64. The highest BCUT2D eigenvalue weighted by Gasteiger charge is 2.11. The zero-order valence-electron chi connectivity index (χ0n) is 9.93. The number of methoxy groups -OCH3 is 2. The first kappa shape index (κ1) is 13.4. The van der Waals surface area contributed by atoms with E-state index in [4.69, 9.17) is 9.47 Å². The summed E-state index contributed by atoms with van der Waals surface area (Å²) in [5.74, 6) is 0.950. The fraction of sp³-hybridized carbons (Fsp3) is 0.500. The molecule has 0 aromatic heterocycles. The lowest BCUT2D eigenvalue weighted by atomic mass is 10.2. The van der Waals surface area contributed by atoms with Gasteiger partial charge in [-0.1, -0.05) is 29.8 Å². The Morgan fingerprint density at radius 1 is 1.31 bits per heavy atom. The maximum Gasteiger partial charge on any atom is 0.168 e. The molecule has 0 saturated heterocycles. The van der Waals surface area contributed by atoms with Gasteiger partial charge in [0.2, 0.25) is 0 Å². The molecule has 0 radical (unpaired) electrons. The Morgan fingerprint density at radius 2 is 2.00 bits per heavy atom. The molecule has 16 heavy (non-hydrogen) atoms. The fourth-order valence-corrected chi connectivity index (χ4v) is 2.68. The van der Waals surface area contributed by atoms with Crippen LogP contribution in [0.25, 0.3) is 0 Å². The Morgan fingerprint density at radius 3 is 2.56 bits per heavy atom. The highest BCUT2D eigenvalue weighted by atomic mass is 32.2. The number of rotatable bonds is 6. The lowest BCUT2D eigenvalue weighted by Crippen LogP contribution is -2.22. The van der Waals surface area contributed by atoms with Gasteiger partial charge in [0.05, 0.1) is 5.75 Å². The number of benzene rings is 1. The molecule has 0 aliphatic carbocycles. The van der Waals surface area contributed by atoms with E-state index in [1.165, 1.54) is 5.56 Å². The van der Waals surface area contributed by atoms with Crippen LogP contribution in [0.5, 0.6) is 0 Å². The number of hydrogen-bond donors (Lipinski definition) is 0. The number of ether oxygens (including phenoxy) is 2. The van der Waals surface area contributed by atoms with Crippen molar-refractivity contribution in [2.24, 2.45) is 0 Å². The Hall–Kier alpha value is -0.710. The van der Waals surface area contributed by atoms with Gasteiger partial charge in [0.25, 0.3) is 0 Å². The van der Waals surface area contributed by atoms with Crippen molar-refractivity contribution in [3.63, 3.8) is 0 Å². The third kappa shape index (κ3) is 4.43. The molecule has 4 heteroatoms. The maximum absolute atomic E-state index is 11.8. The lowest BCUT2D eigenvalue weighted by Gasteiger charge is -2.12. The molecule has 1 rings (SSSR count). The summed E-state index contributed by atoms with van der Waals surface area (Å²) < 4.78 is 21.8. The van der Waals surface area contributed by atoms with Crippen LogP contribution in [0.2, 0.25) is 0 Å². The molecule has 0 aliphatic rings. The van der Waals surface area contributed by atoms with E-state index in [-0.39, 0.29) is 6.29 Å². The molecule has 1 aromatic carbocycles. The van der Waals surface area contributed by atoms with Gasteiger partial charge < -0.3 is 9.47 Å². The Labute approximate surface area is 99.2 Å². The normalized spacial score (nSPS) is 13.0. The molecule has 1 unspecified atom stereocenters. The van der Waals surface area contributed by atoms with Crippen molar-refractivity contribution in [3.8, 4) is 0 Å². The topological polar surface area (TPSA) is 35.5 Å². The van der Waals surface area contributed by atoms with Crippen molar-refractivity contribution >= 4 is 10.8 Å². The van der Waals surface area contributed by atoms with E-state index in [0.717, 1.165) is 5.56 Å². The SMILES string of the molecule is COC(CS(=O)Cc1cccc(C)c1)OC. The van der Waals surface area contributed by atoms with Gasteiger partial charge in [0, 0.05) is 30.8 Å². The average Bonchev–Trinajstić information content (AvgIpc) is 2.26. The summed E-state index contributed by atoms with van der Waals surface area (Å²) >= 11 is 0. The van der Waals surface area contributed by atoms with E-state index in [0.29, 0.717) is 11.5 Å². The summed E-state index contributed by atoms with van der Waals surface area (Å²) in [6.45, 7) is 2.03. The largest absolute Gasteiger partial charge is 0.355 e. The van der Waals surface area contributed by atoms with Gasteiger partial charge >= 0.3 is 0 Å². The second-order valence-corrected chi connectivity index (χ2v) is 5.14. The molecule has 0 heterocycles. The summed E-state index contributed by atoms with van der Waals surface area (Å²) in [5.41, 5.74) is 2.27. The van der Waals surface area contributed by atoms with Crippen molar-refractivity contribution in [1.29, 1.82) is 0 Å². The Kier molecular flexibility index (Phi) is 5.66. The summed E-state index contributed by atoms with van der Waals surface area (Å²) in [7, 11) is 2.15. The minimum Gasteiger partial charge on any atom is -0.355 e. The standard InChI is InChI=1S/C12H18O3S/c1-10-5-4-6-11(7-10)8-16(13)9-12(14-2)15-3/h4-7,12H,8-9H2,1-3H3. The van der Waals surface area contributed by atoms with Crippen LogP contribution in [0.4, 0.5) is 0 Å². The van der Waals surface area contributed by atoms with E-state index in [9.17, 15) is 4.21 Å². The fourth-order valence-electron chi connectivity index (χ4n) is 1.43. The predicted molar refractivity (Wildman–Crippen MR) is 65.7 cm³/mol. The maximum atomic E-state index is 11.8. The number of aryl methyl sites for hydroxylation is 1. The highest BCUT2D eigenvalue weighted by molar-refractivity contribution is 7.84. The molecule has 1 aromatic rings. The number of hydrogen-bond acceptors (Lipinski definition) is 3. The lowest BCUT2D eigenvalue weighted by molar-refractivity contribution is -0.0847. The third-order valence-corrected chi connectivity index (χ3v) is 3.56. The van der Waals surface area contributed by atoms with Crippen LogP contribution in [-0.2, 0) is 26.0 Å². The van der Waals surface area contributed by atoms with Crippen LogP contribution in [0.15, 0.2) is 24.3 Å². The smallest absolute Gasteiger partial charge is 0.168 e. The van der Waals surface area contributed by atoms with Gasteiger partial charge in [-0.3, -0.25) is 4.21 Å². The van der Waals surface area contributed by atoms with E-state index in [1.54, 1.807) is 14.2 Å². The van der Waals surface area contributed by atoms with Gasteiger partial charge in [0.1, 0.15) is 0 Å². The zero-order chi connectivity index (χ0) is 12.0. The molecule has 3 nitrogen and oxygen atoms in total. The first-order valence-electron chi connectivity index (χ1n) is 5.12. The van der Waals surface area contributed by atoms with Crippen LogP contribution in [-0.4, -0.2) is 30.5 Å². The molecule has 0 amide bonds. The van der Waals surface area contributed by atoms with Crippen molar-refractivity contribution < 1.29 is 13.7 Å². The average molecular weight is 242 g/mol. The third-order valence-electron chi connectivity index (χ3n) is 2.26. The monoisotopic (exact) mass is 242 g/mol. The quantitative estimate of drug-likeness (QED) is 0.714. The van der Waals surface area contributed by atoms with Crippen LogP contribution >= 0.6 is 0 Å². The zero-order valence-corrected chi connectivity index (χ0v) is 10.8. The van der Waals surface area contributed by atoms with Crippen molar-refractivity contribution in [2.45, 2.75) is 19.0 Å². The van der Waals surface area contributed by atoms with Gasteiger partial charge in [-0.2, -0.15) is 0 Å². The van der Waals surface area contributed by atoms with Gasteiger partial charge in [-0.05, 0) is 12.5 Å². The Balaban J connectivity index is 2.51. The van der Waals surface area contributed by atoms with Gasteiger partial charge in [-0.25, -0.2) is 0 Å². The summed E-state index contributed by atoms with van der Waals surface area (Å²) in [6, 6.07) is 8.04. The Bertz CT molecular complexity index is 348. The highest BCUT2D eigenvalue weighted by Crippen LogP contribution is 2.08. The van der Waals surface area contributed by atoms with Crippen molar-refractivity contribution in [3.05, 3.63) is 35.4 Å². The molecule has 0 N–H and O–H groups in total. The van der Waals surface area contributed by atoms with Gasteiger partial charge in [0.15, 0.2) is 6.29 Å². The molecule has 1 atom stereocenters. The summed E-state index contributed by atoms with van der Waals surface area (Å²) in [6.07, 6.45) is -0.384. The molecule has 0 fully saturated rings. The second kappa shape index (κ2) is 6.78. The van der Waals surface area contributed by atoms with Crippen LogP contribution < -0.4 is 0 Å². The minimum atomic E-state index is -0.959. The molecule has 0 bridgehead atoms. The first-order chi connectivity index (χ1) is 7.65. The molecule has 90 valence electrons. The molecular formula is C12H18O3S. The van der Waals surface area contributed by atoms with E-state index < -0.39 is 10.8 Å². The van der Waals surface area contributed by atoms with E-state index in [1.807, 2.05) is 31.2 Å². The van der Waals surface area contributed by atoms with Crippen LogP contribution in [0, 0.1) is 6.92 Å².